The van der Waals surface area contributed by atoms with E-state index in [4.69, 9.17) is 4.74 Å². The van der Waals surface area contributed by atoms with Gasteiger partial charge < -0.3 is 4.74 Å². The normalized spacial score (nSPS) is 10.1. The number of carbonyl (C=O) groups excluding carboxylic acids is 1. The van der Waals surface area contributed by atoms with Crippen molar-refractivity contribution in [1.29, 1.82) is 0 Å². The average Bonchev–Trinajstić information content (AvgIpc) is 2.83. The highest BCUT2D eigenvalue weighted by Crippen LogP contribution is 2.17. The maximum Gasteiger partial charge on any atom is 0.357 e. The first kappa shape index (κ1) is 10.8. The highest BCUT2D eigenvalue weighted by atomic mass is 32.1. The molecular formula is C11H10N2O2S. The Morgan fingerprint density at radius 2 is 2.38 bits per heavy atom. The highest BCUT2D eigenvalue weighted by Gasteiger charge is 2.10. The van der Waals surface area contributed by atoms with Crippen LogP contribution in [-0.2, 0) is 4.74 Å². The minimum atomic E-state index is -0.415. The minimum Gasteiger partial charge on any atom is -0.461 e. The quantitative estimate of drug-likeness (QED) is 0.765. The number of hydrogen-bond acceptors (Lipinski definition) is 5. The fourth-order valence-electron chi connectivity index (χ4n) is 1.21. The van der Waals surface area contributed by atoms with Gasteiger partial charge in [0.25, 0.3) is 0 Å². The smallest absolute Gasteiger partial charge is 0.357 e. The lowest BCUT2D eigenvalue weighted by Crippen LogP contribution is -2.07. The molecule has 0 aliphatic carbocycles. The van der Waals surface area contributed by atoms with Gasteiger partial charge in [-0.05, 0) is 24.4 Å². The molecule has 0 saturated heterocycles. The zero-order valence-electron chi connectivity index (χ0n) is 8.71. The number of nitrogens with zero attached hydrogens (tertiary/aromatic N) is 2. The highest BCUT2D eigenvalue weighted by molar-refractivity contribution is 7.08. The van der Waals surface area contributed by atoms with Gasteiger partial charge in [0, 0.05) is 17.1 Å². The molecular weight excluding hydrogens is 224 g/mol. The second kappa shape index (κ2) is 4.85. The molecule has 0 radical (unpaired) electrons. The van der Waals surface area contributed by atoms with Crippen LogP contribution in [0.15, 0.2) is 29.1 Å². The minimum absolute atomic E-state index is 0.290. The van der Waals surface area contributed by atoms with Crippen molar-refractivity contribution in [3.63, 3.8) is 0 Å². The second-order valence-electron chi connectivity index (χ2n) is 3.00. The van der Waals surface area contributed by atoms with Crippen LogP contribution in [0.1, 0.15) is 17.4 Å². The number of ether oxygens (including phenoxy) is 1. The monoisotopic (exact) mass is 234 g/mol. The van der Waals surface area contributed by atoms with Crippen molar-refractivity contribution in [2.45, 2.75) is 6.92 Å². The van der Waals surface area contributed by atoms with Crippen LogP contribution in [0.3, 0.4) is 0 Å². The van der Waals surface area contributed by atoms with E-state index in [0.29, 0.717) is 12.4 Å². The van der Waals surface area contributed by atoms with E-state index in [2.05, 4.69) is 9.97 Å². The third kappa shape index (κ3) is 2.25. The van der Waals surface area contributed by atoms with Gasteiger partial charge in [-0.15, -0.1) is 0 Å². The molecule has 0 amide bonds. The Kier molecular flexibility index (Phi) is 3.26. The molecule has 0 aliphatic rings. The molecule has 0 saturated carbocycles. The van der Waals surface area contributed by atoms with Crippen molar-refractivity contribution in [3.05, 3.63) is 34.8 Å². The molecule has 0 aliphatic heterocycles. The van der Waals surface area contributed by atoms with Crippen LogP contribution in [0.4, 0.5) is 0 Å². The first-order chi connectivity index (χ1) is 7.81. The Morgan fingerprint density at radius 3 is 3.06 bits per heavy atom. The predicted molar refractivity (Wildman–Crippen MR) is 61.3 cm³/mol. The van der Waals surface area contributed by atoms with Crippen molar-refractivity contribution in [2.75, 3.05) is 6.61 Å². The van der Waals surface area contributed by atoms with E-state index in [9.17, 15) is 4.79 Å². The van der Waals surface area contributed by atoms with E-state index in [1.807, 2.05) is 16.8 Å². The first-order valence-corrected chi connectivity index (χ1v) is 5.78. The molecule has 82 valence electrons. The molecule has 0 atom stereocenters. The molecule has 0 spiro atoms. The molecule has 0 N–H and O–H groups in total. The summed E-state index contributed by atoms with van der Waals surface area (Å²) in [5.74, 6) is 0.133. The predicted octanol–water partition coefficient (Wildman–Crippen LogP) is 2.38. The standard InChI is InChI=1S/C11H10N2O2S/c1-2-15-11(14)9-3-5-12-10(13-9)8-4-6-16-7-8/h3-7H,2H2,1H3. The Balaban J connectivity index is 2.30. The summed E-state index contributed by atoms with van der Waals surface area (Å²) in [6.07, 6.45) is 1.56. The van der Waals surface area contributed by atoms with Gasteiger partial charge in [-0.25, -0.2) is 14.8 Å². The van der Waals surface area contributed by atoms with E-state index < -0.39 is 5.97 Å². The summed E-state index contributed by atoms with van der Waals surface area (Å²) >= 11 is 1.56. The maximum absolute atomic E-state index is 11.5. The number of rotatable bonds is 3. The largest absolute Gasteiger partial charge is 0.461 e. The Hall–Kier alpha value is -1.75. The summed E-state index contributed by atoms with van der Waals surface area (Å²) in [7, 11) is 0. The van der Waals surface area contributed by atoms with Crippen molar-refractivity contribution >= 4 is 17.3 Å². The first-order valence-electron chi connectivity index (χ1n) is 4.84. The molecule has 0 aromatic carbocycles. The number of carbonyl (C=O) groups is 1. The van der Waals surface area contributed by atoms with Crippen LogP contribution in [-0.4, -0.2) is 22.5 Å². The van der Waals surface area contributed by atoms with E-state index in [-0.39, 0.29) is 5.69 Å². The van der Waals surface area contributed by atoms with Gasteiger partial charge in [0.05, 0.1) is 6.61 Å². The Bertz CT molecular complexity index is 482. The molecule has 2 aromatic rings. The summed E-state index contributed by atoms with van der Waals surface area (Å²) in [4.78, 5) is 19.7. The van der Waals surface area contributed by atoms with Crippen LogP contribution in [0.2, 0.25) is 0 Å². The van der Waals surface area contributed by atoms with Crippen LogP contribution in [0.25, 0.3) is 11.4 Å². The summed E-state index contributed by atoms with van der Waals surface area (Å²) in [5.41, 5.74) is 1.20. The second-order valence-corrected chi connectivity index (χ2v) is 3.78. The molecule has 5 heteroatoms. The summed E-state index contributed by atoms with van der Waals surface area (Å²) in [6, 6.07) is 3.46. The SMILES string of the molecule is CCOC(=O)c1ccnc(-c2ccsc2)n1. The third-order valence-electron chi connectivity index (χ3n) is 1.92. The van der Waals surface area contributed by atoms with E-state index in [1.165, 1.54) is 0 Å². The summed E-state index contributed by atoms with van der Waals surface area (Å²) < 4.78 is 4.87. The number of thiophene rings is 1. The molecule has 0 bridgehead atoms. The average molecular weight is 234 g/mol. The lowest BCUT2D eigenvalue weighted by atomic mass is 10.3. The van der Waals surface area contributed by atoms with Crippen molar-refractivity contribution < 1.29 is 9.53 Å². The lowest BCUT2D eigenvalue weighted by molar-refractivity contribution is 0.0519. The molecule has 4 nitrogen and oxygen atoms in total. The van der Waals surface area contributed by atoms with E-state index in [1.54, 1.807) is 30.5 Å². The van der Waals surface area contributed by atoms with Gasteiger partial charge in [0.1, 0.15) is 0 Å². The van der Waals surface area contributed by atoms with E-state index in [0.717, 1.165) is 5.56 Å². The number of esters is 1. The molecule has 2 aromatic heterocycles. The van der Waals surface area contributed by atoms with Crippen molar-refractivity contribution in [3.8, 4) is 11.4 Å². The van der Waals surface area contributed by atoms with Gasteiger partial charge >= 0.3 is 5.97 Å². The van der Waals surface area contributed by atoms with Crippen molar-refractivity contribution in [2.24, 2.45) is 0 Å². The van der Waals surface area contributed by atoms with Crippen LogP contribution < -0.4 is 0 Å². The Morgan fingerprint density at radius 1 is 1.50 bits per heavy atom. The van der Waals surface area contributed by atoms with Crippen LogP contribution >= 0.6 is 11.3 Å². The van der Waals surface area contributed by atoms with Crippen LogP contribution in [0, 0.1) is 0 Å². The van der Waals surface area contributed by atoms with Gasteiger partial charge in [0.2, 0.25) is 0 Å². The molecule has 0 fully saturated rings. The van der Waals surface area contributed by atoms with Gasteiger partial charge in [0.15, 0.2) is 11.5 Å². The fraction of sp³-hybridized carbons (Fsp3) is 0.182. The van der Waals surface area contributed by atoms with Gasteiger partial charge in [-0.2, -0.15) is 11.3 Å². The Labute approximate surface area is 96.9 Å². The summed E-state index contributed by atoms with van der Waals surface area (Å²) in [5, 5.41) is 3.87. The van der Waals surface area contributed by atoms with E-state index >= 15 is 0 Å². The van der Waals surface area contributed by atoms with Crippen LogP contribution in [0.5, 0.6) is 0 Å². The zero-order chi connectivity index (χ0) is 11.4. The zero-order valence-corrected chi connectivity index (χ0v) is 9.53. The molecule has 2 rings (SSSR count). The number of hydrogen-bond donors (Lipinski definition) is 0. The summed E-state index contributed by atoms with van der Waals surface area (Å²) in [6.45, 7) is 2.11. The molecule has 16 heavy (non-hydrogen) atoms. The third-order valence-corrected chi connectivity index (χ3v) is 2.60. The molecule has 2 heterocycles. The molecule has 0 unspecified atom stereocenters. The number of aromatic nitrogens is 2. The fourth-order valence-corrected chi connectivity index (χ4v) is 1.84. The van der Waals surface area contributed by atoms with Gasteiger partial charge in [-0.1, -0.05) is 0 Å². The van der Waals surface area contributed by atoms with Crippen molar-refractivity contribution in [1.82, 2.24) is 9.97 Å². The topological polar surface area (TPSA) is 52.1 Å². The van der Waals surface area contributed by atoms with Gasteiger partial charge in [-0.3, -0.25) is 0 Å². The maximum atomic E-state index is 11.5. The lowest BCUT2D eigenvalue weighted by Gasteiger charge is -2.01.